The molecule has 0 N–H and O–H groups in total. The topological polar surface area (TPSA) is 74.8 Å². The fourth-order valence-electron chi connectivity index (χ4n) is 4.24. The first-order valence-corrected chi connectivity index (χ1v) is 11.1. The number of anilines is 1. The lowest BCUT2D eigenvalue weighted by Crippen LogP contribution is -2.57. The normalized spacial score (nSPS) is 20.2. The molecule has 8 heteroatoms. The Morgan fingerprint density at radius 3 is 2.28 bits per heavy atom. The van der Waals surface area contributed by atoms with E-state index in [1.165, 1.54) is 11.0 Å². The lowest BCUT2D eigenvalue weighted by molar-refractivity contribution is -0.131. The molecular weight excluding hydrogens is 395 g/mol. The number of carbonyl (C=O) groups is 2. The number of benzene rings is 2. The maximum absolute atomic E-state index is 13.8. The number of para-hydroxylation sites is 1. The van der Waals surface area contributed by atoms with Crippen molar-refractivity contribution in [3.05, 3.63) is 66.0 Å². The average Bonchev–Trinajstić information content (AvgIpc) is 2.89. The standard InChI is InChI=1S/C21H21FN2O4S/c22-18-9-5-4-6-16(18)14-19(25)23-12-10-21(11-13-23)24(17-7-2-1-3-8-17)20(26)15-29(21,27)28/h1-9H,10-15H2. The predicted molar refractivity (Wildman–Crippen MR) is 106 cm³/mol. The Morgan fingerprint density at radius 2 is 1.62 bits per heavy atom. The molecule has 2 aromatic rings. The van der Waals surface area contributed by atoms with Crippen molar-refractivity contribution < 1.29 is 22.4 Å². The van der Waals surface area contributed by atoms with E-state index in [0.29, 0.717) is 11.3 Å². The molecule has 2 aliphatic heterocycles. The van der Waals surface area contributed by atoms with Crippen LogP contribution in [0.3, 0.4) is 0 Å². The zero-order valence-electron chi connectivity index (χ0n) is 15.8. The smallest absolute Gasteiger partial charge is 0.243 e. The fraction of sp³-hybridized carbons (Fsp3) is 0.333. The first-order valence-electron chi connectivity index (χ1n) is 9.46. The number of rotatable bonds is 3. The molecule has 0 radical (unpaired) electrons. The summed E-state index contributed by atoms with van der Waals surface area (Å²) in [4.78, 5) is 26.8. The molecule has 2 aliphatic rings. The van der Waals surface area contributed by atoms with Gasteiger partial charge in [-0.2, -0.15) is 0 Å². The summed E-state index contributed by atoms with van der Waals surface area (Å²) < 4.78 is 39.7. The van der Waals surface area contributed by atoms with Crippen LogP contribution in [0.2, 0.25) is 0 Å². The van der Waals surface area contributed by atoms with E-state index in [1.54, 1.807) is 53.4 Å². The van der Waals surface area contributed by atoms with Crippen LogP contribution in [-0.2, 0) is 25.8 Å². The molecule has 0 unspecified atom stereocenters. The molecule has 1 spiro atoms. The van der Waals surface area contributed by atoms with Gasteiger partial charge >= 0.3 is 0 Å². The van der Waals surface area contributed by atoms with E-state index in [2.05, 4.69) is 0 Å². The number of carbonyl (C=O) groups excluding carboxylic acids is 2. The molecule has 6 nitrogen and oxygen atoms in total. The van der Waals surface area contributed by atoms with E-state index in [1.807, 2.05) is 0 Å². The van der Waals surface area contributed by atoms with Gasteiger partial charge in [0, 0.05) is 31.6 Å². The van der Waals surface area contributed by atoms with Crippen LogP contribution in [0.25, 0.3) is 0 Å². The van der Waals surface area contributed by atoms with Crippen molar-refractivity contribution in [3.63, 3.8) is 0 Å². The highest BCUT2D eigenvalue weighted by molar-refractivity contribution is 7.94. The Balaban J connectivity index is 1.55. The number of piperidine rings is 1. The molecule has 0 bridgehead atoms. The molecular formula is C21H21FN2O4S. The SMILES string of the molecule is O=C(Cc1ccccc1F)N1CCC2(CC1)N(c1ccccc1)C(=O)CS2(=O)=O. The molecule has 2 aromatic carbocycles. The number of likely N-dealkylation sites (tertiary alicyclic amines) is 1. The van der Waals surface area contributed by atoms with Crippen molar-refractivity contribution in [2.24, 2.45) is 0 Å². The molecule has 0 atom stereocenters. The second-order valence-electron chi connectivity index (χ2n) is 7.42. The number of nitrogens with zero attached hydrogens (tertiary/aromatic N) is 2. The van der Waals surface area contributed by atoms with Crippen LogP contribution in [0.15, 0.2) is 54.6 Å². The molecule has 0 saturated carbocycles. The summed E-state index contributed by atoms with van der Waals surface area (Å²) in [5.41, 5.74) is 0.858. The quantitative estimate of drug-likeness (QED) is 0.769. The van der Waals surface area contributed by atoms with E-state index in [0.717, 1.165) is 0 Å². The van der Waals surface area contributed by atoms with Crippen LogP contribution in [-0.4, -0.2) is 48.8 Å². The Labute approximate surface area is 168 Å². The molecule has 0 aromatic heterocycles. The van der Waals surface area contributed by atoms with Crippen LogP contribution >= 0.6 is 0 Å². The summed E-state index contributed by atoms with van der Waals surface area (Å²) in [5.74, 6) is -1.65. The molecule has 29 heavy (non-hydrogen) atoms. The minimum atomic E-state index is -3.69. The van der Waals surface area contributed by atoms with E-state index < -0.39 is 32.2 Å². The van der Waals surface area contributed by atoms with Gasteiger partial charge in [-0.25, -0.2) is 12.8 Å². The molecule has 2 heterocycles. The third kappa shape index (κ3) is 3.31. The van der Waals surface area contributed by atoms with Crippen molar-refractivity contribution in [1.29, 1.82) is 0 Å². The van der Waals surface area contributed by atoms with E-state index in [4.69, 9.17) is 0 Å². The van der Waals surface area contributed by atoms with Gasteiger partial charge in [-0.05, 0) is 23.8 Å². The van der Waals surface area contributed by atoms with Gasteiger partial charge in [-0.15, -0.1) is 0 Å². The summed E-state index contributed by atoms with van der Waals surface area (Å²) in [6.07, 6.45) is 0.200. The average molecular weight is 416 g/mol. The minimum Gasteiger partial charge on any atom is -0.342 e. The summed E-state index contributed by atoms with van der Waals surface area (Å²) in [6.45, 7) is 0.395. The van der Waals surface area contributed by atoms with Crippen LogP contribution < -0.4 is 4.90 Å². The highest BCUT2D eigenvalue weighted by Crippen LogP contribution is 2.42. The van der Waals surface area contributed by atoms with Gasteiger partial charge in [0.15, 0.2) is 14.7 Å². The van der Waals surface area contributed by atoms with Crippen LogP contribution in [0.1, 0.15) is 18.4 Å². The Bertz CT molecular complexity index is 1050. The monoisotopic (exact) mass is 416 g/mol. The largest absolute Gasteiger partial charge is 0.342 e. The number of amides is 2. The zero-order valence-corrected chi connectivity index (χ0v) is 16.6. The van der Waals surface area contributed by atoms with Crippen LogP contribution in [0.5, 0.6) is 0 Å². The van der Waals surface area contributed by atoms with Gasteiger partial charge in [0.2, 0.25) is 11.8 Å². The first kappa shape index (κ1) is 19.6. The lowest BCUT2D eigenvalue weighted by Gasteiger charge is -2.43. The second-order valence-corrected chi connectivity index (χ2v) is 9.70. The van der Waals surface area contributed by atoms with Crippen molar-refractivity contribution in [3.8, 4) is 0 Å². The van der Waals surface area contributed by atoms with Crippen LogP contribution in [0.4, 0.5) is 10.1 Å². The summed E-state index contributed by atoms with van der Waals surface area (Å²) >= 11 is 0. The van der Waals surface area contributed by atoms with Gasteiger partial charge in [-0.3, -0.25) is 14.5 Å². The van der Waals surface area contributed by atoms with Crippen molar-refractivity contribution in [2.45, 2.75) is 24.1 Å². The minimum absolute atomic E-state index is 0.0756. The fourth-order valence-corrected chi connectivity index (χ4v) is 6.25. The van der Waals surface area contributed by atoms with Gasteiger partial charge < -0.3 is 4.90 Å². The molecule has 0 aliphatic carbocycles. The molecule has 4 rings (SSSR count). The lowest BCUT2D eigenvalue weighted by atomic mass is 10.00. The highest BCUT2D eigenvalue weighted by atomic mass is 32.2. The summed E-state index contributed by atoms with van der Waals surface area (Å²) in [6, 6.07) is 14.9. The molecule has 2 saturated heterocycles. The van der Waals surface area contributed by atoms with Crippen molar-refractivity contribution >= 4 is 27.3 Å². The van der Waals surface area contributed by atoms with Gasteiger partial charge in [0.25, 0.3) is 0 Å². The highest BCUT2D eigenvalue weighted by Gasteiger charge is 2.59. The summed E-state index contributed by atoms with van der Waals surface area (Å²) in [7, 11) is -3.69. The van der Waals surface area contributed by atoms with Crippen molar-refractivity contribution in [1.82, 2.24) is 4.90 Å². The maximum atomic E-state index is 13.8. The number of hydrogen-bond acceptors (Lipinski definition) is 4. The van der Waals surface area contributed by atoms with Gasteiger partial charge in [-0.1, -0.05) is 36.4 Å². The molecule has 2 amide bonds. The van der Waals surface area contributed by atoms with E-state index >= 15 is 0 Å². The van der Waals surface area contributed by atoms with Crippen molar-refractivity contribution in [2.75, 3.05) is 23.7 Å². The first-order chi connectivity index (χ1) is 13.8. The zero-order chi connectivity index (χ0) is 20.6. The number of halogens is 1. The molecule has 2 fully saturated rings. The van der Waals surface area contributed by atoms with Gasteiger partial charge in [0.05, 0.1) is 6.42 Å². The molecule has 152 valence electrons. The number of sulfone groups is 1. The third-order valence-electron chi connectivity index (χ3n) is 5.76. The van der Waals surface area contributed by atoms with E-state index in [-0.39, 0.29) is 38.3 Å². The van der Waals surface area contributed by atoms with E-state index in [9.17, 15) is 22.4 Å². The Hall–Kier alpha value is -2.74. The Kier molecular flexibility index (Phi) is 4.90. The second kappa shape index (κ2) is 7.26. The predicted octanol–water partition coefficient (Wildman–Crippen LogP) is 2.15. The third-order valence-corrected chi connectivity index (χ3v) is 8.14. The summed E-state index contributed by atoms with van der Waals surface area (Å²) in [5, 5.41) is 0. The Morgan fingerprint density at radius 1 is 1.00 bits per heavy atom. The maximum Gasteiger partial charge on any atom is 0.243 e. The van der Waals surface area contributed by atoms with Crippen LogP contribution in [0, 0.1) is 5.82 Å². The number of hydrogen-bond donors (Lipinski definition) is 0. The van der Waals surface area contributed by atoms with Gasteiger partial charge in [0.1, 0.15) is 11.6 Å².